The van der Waals surface area contributed by atoms with Gasteiger partial charge in [-0.2, -0.15) is 5.10 Å². The quantitative estimate of drug-likeness (QED) is 0.329. The van der Waals surface area contributed by atoms with E-state index in [0.29, 0.717) is 12.2 Å². The molecule has 0 saturated heterocycles. The highest BCUT2D eigenvalue weighted by molar-refractivity contribution is 8.00. The normalized spacial score (nSPS) is 12.1. The van der Waals surface area contributed by atoms with Crippen LogP contribution in [-0.4, -0.2) is 43.5 Å². The molecule has 3 aromatic heterocycles. The Hall–Kier alpha value is -2.46. The van der Waals surface area contributed by atoms with Crippen molar-refractivity contribution in [2.24, 2.45) is 7.05 Å². The Labute approximate surface area is 177 Å². The first kappa shape index (κ1) is 21.3. The summed E-state index contributed by atoms with van der Waals surface area (Å²) >= 11 is 3.04. The van der Waals surface area contributed by atoms with Gasteiger partial charge in [0.05, 0.1) is 18.1 Å². The lowest BCUT2D eigenvalue weighted by atomic mass is 10.3. The number of thiophene rings is 1. The van der Waals surface area contributed by atoms with Crippen LogP contribution in [0.3, 0.4) is 0 Å². The van der Waals surface area contributed by atoms with Crippen LogP contribution in [0.15, 0.2) is 23.6 Å². The van der Waals surface area contributed by atoms with E-state index in [1.165, 1.54) is 33.8 Å². The smallest absolute Gasteiger partial charge is 0.343 e. The summed E-state index contributed by atoms with van der Waals surface area (Å²) in [4.78, 5) is 36.0. The Bertz CT molecular complexity index is 1030. The molecular formula is C19H23N5O3S2. The van der Waals surface area contributed by atoms with Crippen molar-refractivity contribution < 1.29 is 14.3 Å². The third-order valence-corrected chi connectivity index (χ3v) is 6.85. The van der Waals surface area contributed by atoms with Crippen LogP contribution in [0.5, 0.6) is 0 Å². The topological polar surface area (TPSA) is 99.0 Å². The molecule has 0 bridgehead atoms. The third kappa shape index (κ3) is 4.59. The summed E-state index contributed by atoms with van der Waals surface area (Å²) in [6, 6.07) is 2.09. The summed E-state index contributed by atoms with van der Waals surface area (Å²) in [5, 5.41) is 8.27. The molecule has 0 aliphatic carbocycles. The summed E-state index contributed by atoms with van der Waals surface area (Å²) in [5.41, 5.74) is 0.234. The van der Waals surface area contributed by atoms with Crippen molar-refractivity contribution in [1.29, 1.82) is 0 Å². The minimum absolute atomic E-state index is 0.218. The second-order valence-electron chi connectivity index (χ2n) is 6.22. The fraction of sp³-hybridized carbons (Fsp3) is 0.421. The van der Waals surface area contributed by atoms with E-state index in [1.807, 2.05) is 6.92 Å². The largest absolute Gasteiger partial charge is 0.462 e. The number of anilines is 1. The zero-order valence-electron chi connectivity index (χ0n) is 16.8. The van der Waals surface area contributed by atoms with Crippen LogP contribution < -0.4 is 5.32 Å². The molecule has 3 heterocycles. The average Bonchev–Trinajstić information content (AvgIpc) is 3.30. The predicted octanol–water partition coefficient (Wildman–Crippen LogP) is 3.67. The number of aromatic nitrogens is 4. The van der Waals surface area contributed by atoms with Gasteiger partial charge in [-0.1, -0.05) is 25.6 Å². The van der Waals surface area contributed by atoms with Gasteiger partial charge in [-0.15, -0.1) is 11.3 Å². The zero-order valence-corrected chi connectivity index (χ0v) is 18.4. The SMILES string of the molecule is CCOC(=O)c1cnn(C)c1NC(=O)C(CC)Sc1ncnc2sc(CC)cc12. The summed E-state index contributed by atoms with van der Waals surface area (Å²) in [5.74, 6) is -0.409. The number of ether oxygens (including phenoxy) is 1. The number of esters is 1. The minimum atomic E-state index is -0.514. The summed E-state index contributed by atoms with van der Waals surface area (Å²) in [6.45, 7) is 6.02. The van der Waals surface area contributed by atoms with Crippen molar-refractivity contribution in [1.82, 2.24) is 19.7 Å². The lowest BCUT2D eigenvalue weighted by Crippen LogP contribution is -2.27. The molecule has 0 fully saturated rings. The van der Waals surface area contributed by atoms with Gasteiger partial charge >= 0.3 is 5.97 Å². The molecule has 1 N–H and O–H groups in total. The summed E-state index contributed by atoms with van der Waals surface area (Å²) in [7, 11) is 1.66. The lowest BCUT2D eigenvalue weighted by Gasteiger charge is -2.15. The highest BCUT2D eigenvalue weighted by atomic mass is 32.2. The molecule has 3 rings (SSSR count). The van der Waals surface area contributed by atoms with Crippen molar-refractivity contribution in [3.05, 3.63) is 29.0 Å². The molecule has 0 aliphatic heterocycles. The predicted molar refractivity (Wildman–Crippen MR) is 115 cm³/mol. The van der Waals surface area contributed by atoms with E-state index in [9.17, 15) is 9.59 Å². The number of fused-ring (bicyclic) bond motifs is 1. The highest BCUT2D eigenvalue weighted by Crippen LogP contribution is 2.34. The molecule has 10 heteroatoms. The molecule has 1 amide bonds. The van der Waals surface area contributed by atoms with Crippen molar-refractivity contribution in [2.45, 2.75) is 43.9 Å². The monoisotopic (exact) mass is 433 g/mol. The molecular weight excluding hydrogens is 410 g/mol. The number of carbonyl (C=O) groups excluding carboxylic acids is 2. The second-order valence-corrected chi connectivity index (χ2v) is 8.53. The average molecular weight is 434 g/mol. The molecule has 0 saturated carbocycles. The van der Waals surface area contributed by atoms with E-state index < -0.39 is 5.97 Å². The Morgan fingerprint density at radius 1 is 1.31 bits per heavy atom. The van der Waals surface area contributed by atoms with Gasteiger partial charge in [0, 0.05) is 17.3 Å². The molecule has 0 spiro atoms. The van der Waals surface area contributed by atoms with Crippen LogP contribution >= 0.6 is 23.1 Å². The Morgan fingerprint density at radius 2 is 2.10 bits per heavy atom. The maximum atomic E-state index is 13.0. The highest BCUT2D eigenvalue weighted by Gasteiger charge is 2.25. The molecule has 0 radical (unpaired) electrons. The third-order valence-electron chi connectivity index (χ3n) is 4.29. The van der Waals surface area contributed by atoms with Crippen LogP contribution in [0, 0.1) is 0 Å². The number of hydrogen-bond acceptors (Lipinski definition) is 8. The first-order valence-corrected chi connectivity index (χ1v) is 11.1. The number of nitrogens with zero attached hydrogens (tertiary/aromatic N) is 4. The van der Waals surface area contributed by atoms with Gasteiger partial charge in [0.25, 0.3) is 0 Å². The first-order valence-electron chi connectivity index (χ1n) is 9.38. The van der Waals surface area contributed by atoms with Crippen LogP contribution in [0.2, 0.25) is 0 Å². The Morgan fingerprint density at radius 3 is 2.79 bits per heavy atom. The van der Waals surface area contributed by atoms with Gasteiger partial charge in [0.1, 0.15) is 27.6 Å². The molecule has 0 aromatic carbocycles. The van der Waals surface area contributed by atoms with Gasteiger partial charge in [0.15, 0.2) is 0 Å². The van der Waals surface area contributed by atoms with Gasteiger partial charge in [-0.3, -0.25) is 9.48 Å². The van der Waals surface area contributed by atoms with Gasteiger partial charge in [-0.05, 0) is 25.8 Å². The standard InChI is InChI=1S/C19H23N5O3S2/c1-5-11-8-12-17(28-11)20-10-21-18(12)29-14(6-2)16(25)23-15-13(9-22-24(15)4)19(26)27-7-3/h8-10,14H,5-7H2,1-4H3,(H,23,25). The summed E-state index contributed by atoms with van der Waals surface area (Å²) < 4.78 is 6.50. The molecule has 1 unspecified atom stereocenters. The van der Waals surface area contributed by atoms with Crippen LogP contribution in [0.4, 0.5) is 5.82 Å². The van der Waals surface area contributed by atoms with Gasteiger partial charge < -0.3 is 10.1 Å². The van der Waals surface area contributed by atoms with Crippen molar-refractivity contribution in [3.63, 3.8) is 0 Å². The first-order chi connectivity index (χ1) is 14.0. The van der Waals surface area contributed by atoms with E-state index in [2.05, 4.69) is 33.4 Å². The minimum Gasteiger partial charge on any atom is -0.462 e. The second kappa shape index (κ2) is 9.36. The van der Waals surface area contributed by atoms with E-state index in [4.69, 9.17) is 4.74 Å². The molecule has 0 aliphatic rings. The Balaban J connectivity index is 1.81. The van der Waals surface area contributed by atoms with Gasteiger partial charge in [-0.25, -0.2) is 14.8 Å². The number of thioether (sulfide) groups is 1. The van der Waals surface area contributed by atoms with E-state index in [1.54, 1.807) is 25.3 Å². The number of amides is 1. The molecule has 3 aromatic rings. The van der Waals surface area contributed by atoms with Crippen molar-refractivity contribution in [2.75, 3.05) is 11.9 Å². The zero-order chi connectivity index (χ0) is 21.0. The van der Waals surface area contributed by atoms with E-state index in [0.717, 1.165) is 21.7 Å². The van der Waals surface area contributed by atoms with Crippen molar-refractivity contribution in [3.8, 4) is 0 Å². The number of rotatable bonds is 8. The number of aryl methyl sites for hydroxylation is 2. The van der Waals surface area contributed by atoms with E-state index >= 15 is 0 Å². The van der Waals surface area contributed by atoms with Gasteiger partial charge in [0.2, 0.25) is 5.91 Å². The number of nitrogens with one attached hydrogen (secondary N) is 1. The fourth-order valence-electron chi connectivity index (χ4n) is 2.75. The number of hydrogen-bond donors (Lipinski definition) is 1. The fourth-order valence-corrected chi connectivity index (χ4v) is 4.74. The maximum absolute atomic E-state index is 13.0. The molecule has 1 atom stereocenters. The molecule has 29 heavy (non-hydrogen) atoms. The van der Waals surface area contributed by atoms with Crippen molar-refractivity contribution >= 4 is 51.0 Å². The Kier molecular flexibility index (Phi) is 6.86. The molecule has 8 nitrogen and oxygen atoms in total. The van der Waals surface area contributed by atoms with Crippen LogP contribution in [-0.2, 0) is 23.0 Å². The van der Waals surface area contributed by atoms with Crippen LogP contribution in [0.25, 0.3) is 10.2 Å². The molecule has 154 valence electrons. The lowest BCUT2D eigenvalue weighted by molar-refractivity contribution is -0.115. The van der Waals surface area contributed by atoms with E-state index in [-0.39, 0.29) is 23.3 Å². The maximum Gasteiger partial charge on any atom is 0.343 e. The number of carbonyl (C=O) groups is 2. The summed E-state index contributed by atoms with van der Waals surface area (Å²) in [6.07, 6.45) is 4.46. The van der Waals surface area contributed by atoms with Crippen LogP contribution in [0.1, 0.15) is 42.4 Å².